The molecule has 9 nitrogen and oxygen atoms in total. The van der Waals surface area contributed by atoms with E-state index in [1.54, 1.807) is 0 Å². The highest BCUT2D eigenvalue weighted by Crippen LogP contribution is 2.25. The van der Waals surface area contributed by atoms with Gasteiger partial charge >= 0.3 is 6.03 Å². The lowest BCUT2D eigenvalue weighted by molar-refractivity contribution is -0.385. The summed E-state index contributed by atoms with van der Waals surface area (Å²) in [6, 6.07) is 3.21. The molecule has 21 heavy (non-hydrogen) atoms. The molecule has 1 aromatic rings. The third kappa shape index (κ3) is 3.21. The first-order valence-corrected chi connectivity index (χ1v) is 5.77. The molecule has 9 heteroatoms. The van der Waals surface area contributed by atoms with E-state index in [1.807, 2.05) is 5.32 Å². The van der Waals surface area contributed by atoms with Crippen LogP contribution in [-0.4, -0.2) is 22.8 Å². The third-order valence-corrected chi connectivity index (χ3v) is 2.56. The van der Waals surface area contributed by atoms with Crippen LogP contribution in [0.3, 0.4) is 0 Å². The second-order valence-corrected chi connectivity index (χ2v) is 4.18. The summed E-state index contributed by atoms with van der Waals surface area (Å²) < 4.78 is 0. The predicted molar refractivity (Wildman–Crippen MR) is 72.1 cm³/mol. The van der Waals surface area contributed by atoms with Crippen molar-refractivity contribution in [2.45, 2.75) is 6.92 Å². The molecular formula is C12H10N4O5. The van der Waals surface area contributed by atoms with Gasteiger partial charge in [0.15, 0.2) is 0 Å². The Morgan fingerprint density at radius 2 is 2.05 bits per heavy atom. The average Bonchev–Trinajstić information content (AvgIpc) is 2.67. The lowest BCUT2D eigenvalue weighted by Crippen LogP contribution is -2.22. The number of rotatable bonds is 3. The minimum absolute atomic E-state index is 0.0820. The standard InChI is InChI=1S/C12H10N4O5/c1-6(17)13-8-2-3-10(16(20)21)7(4-8)5-9-11(18)15-12(19)14-9/h2-5H,1H3,(H,13,17)(H2,14,15,18,19). The number of carbonyl (C=O) groups excluding carboxylic acids is 3. The summed E-state index contributed by atoms with van der Waals surface area (Å²) in [5, 5.41) is 17.7. The van der Waals surface area contributed by atoms with Crippen LogP contribution in [0, 0.1) is 10.1 Å². The fraction of sp³-hybridized carbons (Fsp3) is 0.0833. The van der Waals surface area contributed by atoms with E-state index >= 15 is 0 Å². The quantitative estimate of drug-likeness (QED) is 0.327. The Labute approximate surface area is 118 Å². The number of nitrogens with zero attached hydrogens (tertiary/aromatic N) is 1. The molecule has 1 heterocycles. The van der Waals surface area contributed by atoms with Crippen molar-refractivity contribution < 1.29 is 19.3 Å². The van der Waals surface area contributed by atoms with E-state index in [0.29, 0.717) is 5.69 Å². The minimum Gasteiger partial charge on any atom is -0.326 e. The SMILES string of the molecule is CC(=O)Nc1ccc([N+](=O)[O-])c(C=C2NC(=O)NC2=O)c1. The zero-order valence-electron chi connectivity index (χ0n) is 10.8. The van der Waals surface area contributed by atoms with Crippen molar-refractivity contribution in [3.8, 4) is 0 Å². The van der Waals surface area contributed by atoms with Gasteiger partial charge in [-0.3, -0.25) is 25.0 Å². The zero-order chi connectivity index (χ0) is 15.6. The number of nitrogens with one attached hydrogen (secondary N) is 3. The molecule has 1 aliphatic rings. The Balaban J connectivity index is 2.46. The van der Waals surface area contributed by atoms with Crippen molar-refractivity contribution in [2.75, 3.05) is 5.32 Å². The molecule has 1 fully saturated rings. The Bertz CT molecular complexity index is 695. The van der Waals surface area contributed by atoms with Crippen LogP contribution >= 0.6 is 0 Å². The first-order valence-electron chi connectivity index (χ1n) is 5.77. The smallest absolute Gasteiger partial charge is 0.326 e. The van der Waals surface area contributed by atoms with Gasteiger partial charge in [0.05, 0.1) is 10.5 Å². The van der Waals surface area contributed by atoms with Crippen LogP contribution in [0.25, 0.3) is 6.08 Å². The number of nitro groups is 1. The summed E-state index contributed by atoms with van der Waals surface area (Å²) in [6.07, 6.45) is 1.17. The molecule has 0 spiro atoms. The van der Waals surface area contributed by atoms with Gasteiger partial charge in [-0.15, -0.1) is 0 Å². The molecular weight excluding hydrogens is 280 g/mol. The number of anilines is 1. The number of nitro benzene ring substituents is 1. The zero-order valence-corrected chi connectivity index (χ0v) is 10.8. The fourth-order valence-corrected chi connectivity index (χ4v) is 1.76. The number of carbonyl (C=O) groups is 3. The molecule has 108 valence electrons. The molecule has 0 bridgehead atoms. The van der Waals surface area contributed by atoms with Crippen LogP contribution in [0.15, 0.2) is 23.9 Å². The minimum atomic E-state index is -0.702. The first-order chi connectivity index (χ1) is 9.86. The van der Waals surface area contributed by atoms with E-state index in [9.17, 15) is 24.5 Å². The number of urea groups is 1. The van der Waals surface area contributed by atoms with Crippen LogP contribution in [0.2, 0.25) is 0 Å². The monoisotopic (exact) mass is 290 g/mol. The highest BCUT2D eigenvalue weighted by molar-refractivity contribution is 6.14. The molecule has 1 saturated heterocycles. The fourth-order valence-electron chi connectivity index (χ4n) is 1.76. The maximum absolute atomic E-state index is 11.4. The number of imide groups is 1. The molecule has 0 aromatic heterocycles. The molecule has 2 rings (SSSR count). The van der Waals surface area contributed by atoms with E-state index in [1.165, 1.54) is 31.2 Å². The normalized spacial score (nSPS) is 15.6. The van der Waals surface area contributed by atoms with Crippen molar-refractivity contribution in [3.63, 3.8) is 0 Å². The highest BCUT2D eigenvalue weighted by atomic mass is 16.6. The van der Waals surface area contributed by atoms with Crippen LogP contribution in [0.5, 0.6) is 0 Å². The summed E-state index contributed by atoms with van der Waals surface area (Å²) in [4.78, 5) is 43.8. The largest absolute Gasteiger partial charge is 0.326 e. The summed E-state index contributed by atoms with van der Waals surface area (Å²) in [6.45, 7) is 1.30. The third-order valence-electron chi connectivity index (χ3n) is 2.56. The van der Waals surface area contributed by atoms with E-state index < -0.39 is 16.9 Å². The molecule has 0 atom stereocenters. The van der Waals surface area contributed by atoms with E-state index in [4.69, 9.17) is 0 Å². The van der Waals surface area contributed by atoms with Crippen LogP contribution in [0.1, 0.15) is 12.5 Å². The van der Waals surface area contributed by atoms with E-state index in [-0.39, 0.29) is 22.9 Å². The van der Waals surface area contributed by atoms with Crippen molar-refractivity contribution in [1.82, 2.24) is 10.6 Å². The van der Waals surface area contributed by atoms with Gasteiger partial charge in [-0.25, -0.2) is 4.79 Å². The first kappa shape index (κ1) is 14.2. The average molecular weight is 290 g/mol. The van der Waals surface area contributed by atoms with Gasteiger partial charge in [-0.1, -0.05) is 0 Å². The summed E-state index contributed by atoms with van der Waals surface area (Å²) in [5.74, 6) is -1.02. The lowest BCUT2D eigenvalue weighted by atomic mass is 10.1. The molecule has 0 unspecified atom stereocenters. The number of amides is 4. The van der Waals surface area contributed by atoms with Gasteiger partial charge in [-0.05, 0) is 18.2 Å². The van der Waals surface area contributed by atoms with E-state index in [2.05, 4.69) is 10.6 Å². The molecule has 1 aliphatic heterocycles. The van der Waals surface area contributed by atoms with Crippen molar-refractivity contribution >= 4 is 35.3 Å². The number of hydrogen-bond acceptors (Lipinski definition) is 5. The van der Waals surface area contributed by atoms with Crippen LogP contribution in [0.4, 0.5) is 16.2 Å². The van der Waals surface area contributed by atoms with Crippen LogP contribution in [-0.2, 0) is 9.59 Å². The second kappa shape index (κ2) is 5.41. The maximum Gasteiger partial charge on any atom is 0.326 e. The maximum atomic E-state index is 11.4. The number of hydrogen-bond donors (Lipinski definition) is 3. The topological polar surface area (TPSA) is 130 Å². The van der Waals surface area contributed by atoms with Crippen LogP contribution < -0.4 is 16.0 Å². The van der Waals surface area contributed by atoms with Gasteiger partial charge < -0.3 is 10.6 Å². The van der Waals surface area contributed by atoms with Gasteiger partial charge in [0.25, 0.3) is 11.6 Å². The van der Waals surface area contributed by atoms with Crippen molar-refractivity contribution in [2.24, 2.45) is 0 Å². The Kier molecular flexibility index (Phi) is 3.65. The van der Waals surface area contributed by atoms with Crippen molar-refractivity contribution in [3.05, 3.63) is 39.6 Å². The molecule has 0 radical (unpaired) electrons. The van der Waals surface area contributed by atoms with Gasteiger partial charge in [-0.2, -0.15) is 0 Å². The summed E-state index contributed by atoms with van der Waals surface area (Å²) in [5.41, 5.74) is 0.0527. The molecule has 0 saturated carbocycles. The Hall–Kier alpha value is -3.23. The molecule has 0 aliphatic carbocycles. The van der Waals surface area contributed by atoms with Crippen molar-refractivity contribution in [1.29, 1.82) is 0 Å². The summed E-state index contributed by atoms with van der Waals surface area (Å²) in [7, 11) is 0. The number of benzene rings is 1. The van der Waals surface area contributed by atoms with Gasteiger partial charge in [0.1, 0.15) is 5.70 Å². The molecule has 4 amide bonds. The van der Waals surface area contributed by atoms with Gasteiger partial charge in [0.2, 0.25) is 5.91 Å². The second-order valence-electron chi connectivity index (χ2n) is 4.18. The Morgan fingerprint density at radius 3 is 2.57 bits per heavy atom. The predicted octanol–water partition coefficient (Wildman–Crippen LogP) is 0.733. The lowest BCUT2D eigenvalue weighted by Gasteiger charge is -2.04. The Morgan fingerprint density at radius 1 is 1.33 bits per heavy atom. The van der Waals surface area contributed by atoms with Gasteiger partial charge in [0, 0.05) is 18.7 Å². The molecule has 3 N–H and O–H groups in total. The van der Waals surface area contributed by atoms with E-state index in [0.717, 1.165) is 0 Å². The highest BCUT2D eigenvalue weighted by Gasteiger charge is 2.24. The molecule has 1 aromatic carbocycles. The summed E-state index contributed by atoms with van der Waals surface area (Å²) >= 11 is 0.